The Morgan fingerprint density at radius 2 is 2.26 bits per heavy atom. The predicted molar refractivity (Wildman–Crippen MR) is 91.6 cm³/mol. The van der Waals surface area contributed by atoms with Crippen molar-refractivity contribution in [3.05, 3.63) is 28.9 Å². The molecule has 1 aromatic heterocycles. The Kier molecular flexibility index (Phi) is 3.60. The third-order valence-electron chi connectivity index (χ3n) is 5.96. The highest BCUT2D eigenvalue weighted by Crippen LogP contribution is 2.44. The van der Waals surface area contributed by atoms with Crippen LogP contribution in [0.15, 0.2) is 18.2 Å². The van der Waals surface area contributed by atoms with Gasteiger partial charge in [0.2, 0.25) is 0 Å². The molecule has 1 aliphatic heterocycles. The van der Waals surface area contributed by atoms with Gasteiger partial charge in [0.05, 0.1) is 5.52 Å². The van der Waals surface area contributed by atoms with Gasteiger partial charge in [-0.1, -0.05) is 31.9 Å². The van der Waals surface area contributed by atoms with Crippen molar-refractivity contribution in [1.29, 1.82) is 0 Å². The van der Waals surface area contributed by atoms with E-state index in [1.807, 2.05) is 18.2 Å². The van der Waals surface area contributed by atoms with Crippen LogP contribution < -0.4 is 0 Å². The molecule has 23 heavy (non-hydrogen) atoms. The monoisotopic (exact) mass is 331 g/mol. The quantitative estimate of drug-likeness (QED) is 0.900. The minimum absolute atomic E-state index is 0.0506. The zero-order valence-electron chi connectivity index (χ0n) is 13.6. The number of hydrogen-bond donors (Lipinski definition) is 1. The number of carbonyl (C=O) groups is 1. The lowest BCUT2D eigenvalue weighted by atomic mass is 9.74. The number of nitrogens with zero attached hydrogens (tertiary/aromatic N) is 2. The number of benzene rings is 1. The number of halogens is 1. The summed E-state index contributed by atoms with van der Waals surface area (Å²) in [5.74, 6) is 2.03. The molecular formula is C18H22ClN3O. The lowest BCUT2D eigenvalue weighted by Gasteiger charge is -2.33. The number of rotatable bonds is 2. The van der Waals surface area contributed by atoms with Gasteiger partial charge in [-0.05, 0) is 48.8 Å². The summed E-state index contributed by atoms with van der Waals surface area (Å²) in [5, 5.41) is 8.69. The van der Waals surface area contributed by atoms with Gasteiger partial charge in [-0.15, -0.1) is 0 Å². The molecule has 0 radical (unpaired) electrons. The van der Waals surface area contributed by atoms with Crippen molar-refractivity contribution in [2.24, 2.45) is 17.8 Å². The Labute approximate surface area is 141 Å². The Morgan fingerprint density at radius 3 is 3.04 bits per heavy atom. The second kappa shape index (κ2) is 5.52. The Morgan fingerprint density at radius 1 is 1.43 bits per heavy atom. The van der Waals surface area contributed by atoms with Crippen LogP contribution in [0.4, 0.5) is 0 Å². The van der Waals surface area contributed by atoms with E-state index in [0.717, 1.165) is 29.8 Å². The molecule has 2 aliphatic rings. The van der Waals surface area contributed by atoms with Crippen LogP contribution in [0, 0.1) is 17.8 Å². The van der Waals surface area contributed by atoms with Crippen LogP contribution in [0.1, 0.15) is 43.6 Å². The van der Waals surface area contributed by atoms with Crippen molar-refractivity contribution in [2.75, 3.05) is 6.54 Å². The van der Waals surface area contributed by atoms with E-state index in [0.29, 0.717) is 28.6 Å². The minimum Gasteiger partial charge on any atom is -0.334 e. The molecular weight excluding hydrogens is 310 g/mol. The molecule has 1 saturated carbocycles. The van der Waals surface area contributed by atoms with Gasteiger partial charge in [-0.25, -0.2) is 0 Å². The highest BCUT2D eigenvalue weighted by atomic mass is 35.5. The smallest absolute Gasteiger partial charge is 0.275 e. The molecule has 2 heterocycles. The molecule has 1 aliphatic carbocycles. The topological polar surface area (TPSA) is 49.0 Å². The number of likely N-dealkylation sites (tertiary alicyclic amines) is 1. The molecule has 0 spiro atoms. The zero-order chi connectivity index (χ0) is 16.1. The van der Waals surface area contributed by atoms with Crippen molar-refractivity contribution in [3.8, 4) is 0 Å². The second-order valence-electron chi connectivity index (χ2n) is 7.15. The highest BCUT2D eigenvalue weighted by molar-refractivity contribution is 6.31. The van der Waals surface area contributed by atoms with Gasteiger partial charge in [0.25, 0.3) is 5.91 Å². The summed E-state index contributed by atoms with van der Waals surface area (Å²) in [6.07, 6.45) is 3.59. The number of carbonyl (C=O) groups excluding carboxylic acids is 1. The first-order chi connectivity index (χ1) is 11.1. The van der Waals surface area contributed by atoms with Gasteiger partial charge < -0.3 is 4.90 Å². The Balaban J connectivity index is 1.67. The highest BCUT2D eigenvalue weighted by Gasteiger charge is 2.46. The summed E-state index contributed by atoms with van der Waals surface area (Å²) in [6.45, 7) is 5.43. The van der Waals surface area contributed by atoms with E-state index in [4.69, 9.17) is 11.6 Å². The fourth-order valence-corrected chi connectivity index (χ4v) is 4.67. The van der Waals surface area contributed by atoms with Gasteiger partial charge in [0.15, 0.2) is 5.69 Å². The first-order valence-electron chi connectivity index (χ1n) is 8.53. The zero-order valence-corrected chi connectivity index (χ0v) is 14.3. The molecule has 2 bridgehead atoms. The predicted octanol–water partition coefficient (Wildman–Crippen LogP) is 4.11. The summed E-state index contributed by atoms with van der Waals surface area (Å²) >= 11 is 6.10. The molecule has 4 nitrogen and oxygen atoms in total. The van der Waals surface area contributed by atoms with Crippen LogP contribution in [-0.2, 0) is 0 Å². The first kappa shape index (κ1) is 15.0. The van der Waals surface area contributed by atoms with Crippen LogP contribution in [0.5, 0.6) is 0 Å². The van der Waals surface area contributed by atoms with Gasteiger partial charge in [-0.2, -0.15) is 5.10 Å². The maximum absolute atomic E-state index is 13.1. The third kappa shape index (κ3) is 2.35. The summed E-state index contributed by atoms with van der Waals surface area (Å²) in [6, 6.07) is 5.87. The molecule has 5 heteroatoms. The first-order valence-corrected chi connectivity index (χ1v) is 8.90. The average Bonchev–Trinajstić information content (AvgIpc) is 3.01. The molecule has 4 atom stereocenters. The molecule has 2 aromatic rings. The van der Waals surface area contributed by atoms with E-state index < -0.39 is 0 Å². The van der Waals surface area contributed by atoms with E-state index in [1.165, 1.54) is 12.8 Å². The maximum atomic E-state index is 13.1. The summed E-state index contributed by atoms with van der Waals surface area (Å²) in [7, 11) is 0. The fourth-order valence-electron chi connectivity index (χ4n) is 4.50. The Hall–Kier alpha value is -1.55. The van der Waals surface area contributed by atoms with Gasteiger partial charge in [-0.3, -0.25) is 9.89 Å². The average molecular weight is 332 g/mol. The molecule has 1 amide bonds. The lowest BCUT2D eigenvalue weighted by molar-refractivity contribution is 0.0694. The van der Waals surface area contributed by atoms with E-state index in [2.05, 4.69) is 28.9 Å². The normalized spacial score (nSPS) is 30.1. The minimum atomic E-state index is 0.0506. The summed E-state index contributed by atoms with van der Waals surface area (Å²) in [5.41, 5.74) is 1.37. The largest absolute Gasteiger partial charge is 0.334 e. The molecule has 1 saturated heterocycles. The Bertz CT molecular complexity index is 756. The van der Waals surface area contributed by atoms with Crippen LogP contribution in [0.3, 0.4) is 0 Å². The molecule has 4 rings (SSSR count). The second-order valence-corrected chi connectivity index (χ2v) is 7.59. The van der Waals surface area contributed by atoms with Gasteiger partial charge >= 0.3 is 0 Å². The van der Waals surface area contributed by atoms with Crippen molar-refractivity contribution in [2.45, 2.75) is 39.2 Å². The van der Waals surface area contributed by atoms with Crippen molar-refractivity contribution < 1.29 is 4.79 Å². The lowest BCUT2D eigenvalue weighted by Crippen LogP contribution is -2.39. The van der Waals surface area contributed by atoms with E-state index >= 15 is 0 Å². The van der Waals surface area contributed by atoms with Crippen LogP contribution in [0.25, 0.3) is 10.9 Å². The fraction of sp³-hybridized carbons (Fsp3) is 0.556. The number of hydrogen-bond acceptors (Lipinski definition) is 2. The van der Waals surface area contributed by atoms with E-state index in [1.54, 1.807) is 0 Å². The van der Waals surface area contributed by atoms with E-state index in [-0.39, 0.29) is 5.91 Å². The number of aromatic nitrogens is 2. The standard InChI is InChI=1S/C18H22ClN3O/c1-3-11-6-12-9-22(16(7-11)10(12)2)18(23)17-14-8-13(19)4-5-15(14)20-21-17/h4-5,8,10-12,16H,3,6-7,9H2,1-2H3,(H,20,21)/t10-,11+,12-,16-/m1/s1. The van der Waals surface area contributed by atoms with Gasteiger partial charge in [0.1, 0.15) is 0 Å². The molecule has 1 N–H and O–H groups in total. The van der Waals surface area contributed by atoms with Crippen molar-refractivity contribution in [3.63, 3.8) is 0 Å². The SMILES string of the molecule is CC[C@H]1C[C@@H]2CN(C(=O)c3n[nH]c4ccc(Cl)cc34)[C@H](C1)[C@@H]2C. The summed E-state index contributed by atoms with van der Waals surface area (Å²) < 4.78 is 0. The molecule has 0 unspecified atom stereocenters. The number of nitrogens with one attached hydrogen (secondary N) is 1. The maximum Gasteiger partial charge on any atom is 0.275 e. The van der Waals surface area contributed by atoms with Gasteiger partial charge in [0, 0.05) is 23.0 Å². The van der Waals surface area contributed by atoms with Crippen molar-refractivity contribution >= 4 is 28.4 Å². The molecule has 1 aromatic carbocycles. The molecule has 2 fully saturated rings. The van der Waals surface area contributed by atoms with Crippen LogP contribution >= 0.6 is 11.6 Å². The number of amides is 1. The number of aromatic amines is 1. The third-order valence-corrected chi connectivity index (χ3v) is 6.19. The summed E-state index contributed by atoms with van der Waals surface area (Å²) in [4.78, 5) is 15.2. The van der Waals surface area contributed by atoms with E-state index in [9.17, 15) is 4.79 Å². The number of fused-ring (bicyclic) bond motifs is 3. The number of H-pyrrole nitrogens is 1. The van der Waals surface area contributed by atoms with Crippen molar-refractivity contribution in [1.82, 2.24) is 15.1 Å². The molecule has 122 valence electrons. The van der Waals surface area contributed by atoms with Crippen LogP contribution in [-0.4, -0.2) is 33.6 Å². The van der Waals surface area contributed by atoms with Crippen LogP contribution in [0.2, 0.25) is 5.02 Å².